The van der Waals surface area contributed by atoms with Crippen LogP contribution in [0, 0.1) is 15.9 Å². The van der Waals surface area contributed by atoms with Crippen molar-refractivity contribution in [1.29, 1.82) is 0 Å². The number of ether oxygens (including phenoxy) is 1. The average Bonchev–Trinajstić information content (AvgIpc) is 2.50. The van der Waals surface area contributed by atoms with E-state index in [1.54, 1.807) is 0 Å². The molecule has 1 saturated heterocycles. The lowest BCUT2D eigenvalue weighted by Gasteiger charge is -2.30. The number of carbonyl (C=O) groups excluding carboxylic acids is 1. The number of carbonyl (C=O) groups is 1. The third-order valence-corrected chi connectivity index (χ3v) is 3.26. The zero-order chi connectivity index (χ0) is 17.9. The lowest BCUT2D eigenvalue weighted by molar-refractivity contribution is -0.385. The van der Waals surface area contributed by atoms with Crippen molar-refractivity contribution < 1.29 is 36.9 Å². The molecule has 0 unspecified atom stereocenters. The predicted molar refractivity (Wildman–Crippen MR) is 70.4 cm³/mol. The Morgan fingerprint density at radius 3 is 2.42 bits per heavy atom. The lowest BCUT2D eigenvalue weighted by atomic mass is 10.1. The second-order valence-electron chi connectivity index (χ2n) is 4.99. The van der Waals surface area contributed by atoms with Crippen LogP contribution in [0.3, 0.4) is 0 Å². The third-order valence-electron chi connectivity index (χ3n) is 3.26. The first-order valence-corrected chi connectivity index (χ1v) is 6.81. The van der Waals surface area contributed by atoms with Crippen molar-refractivity contribution in [3.05, 3.63) is 34.1 Å². The fraction of sp³-hybridized carbons (Fsp3) is 0.462. The molecule has 0 N–H and O–H groups in total. The lowest BCUT2D eigenvalue weighted by Crippen LogP contribution is -2.42. The van der Waals surface area contributed by atoms with Gasteiger partial charge in [-0.1, -0.05) is 0 Å². The standard InChI is InChI=1S/C13H12F4N2O5/c14-10-7-8(19(21)22)1-2-11(10)23-9-3-5-18(6-4-9)24-12(20)13(15,16)17/h1-2,7,9H,3-6H2. The van der Waals surface area contributed by atoms with Gasteiger partial charge in [0, 0.05) is 32.0 Å². The van der Waals surface area contributed by atoms with E-state index in [-0.39, 0.29) is 31.7 Å². The van der Waals surface area contributed by atoms with Crippen LogP contribution >= 0.6 is 0 Å². The number of nitro groups is 1. The first-order chi connectivity index (χ1) is 11.2. The Labute approximate surface area is 132 Å². The Bertz CT molecular complexity index is 629. The third kappa shape index (κ3) is 4.54. The zero-order valence-corrected chi connectivity index (χ0v) is 12.1. The Balaban J connectivity index is 1.87. The van der Waals surface area contributed by atoms with Gasteiger partial charge in [-0.3, -0.25) is 10.1 Å². The molecule has 1 heterocycles. The number of hydrogen-bond acceptors (Lipinski definition) is 6. The minimum absolute atomic E-state index is 0.0128. The summed E-state index contributed by atoms with van der Waals surface area (Å²) in [5, 5.41) is 11.4. The molecular formula is C13H12F4N2O5. The first-order valence-electron chi connectivity index (χ1n) is 6.81. The van der Waals surface area contributed by atoms with Crippen molar-refractivity contribution in [2.45, 2.75) is 25.1 Å². The molecule has 11 heteroatoms. The number of benzene rings is 1. The minimum atomic E-state index is -5.07. The molecule has 1 aliphatic heterocycles. The van der Waals surface area contributed by atoms with Gasteiger partial charge < -0.3 is 9.57 Å². The molecule has 2 rings (SSSR count). The maximum absolute atomic E-state index is 13.7. The van der Waals surface area contributed by atoms with E-state index < -0.39 is 34.7 Å². The number of alkyl halides is 3. The molecule has 0 aromatic heterocycles. The van der Waals surface area contributed by atoms with Crippen LogP contribution in [-0.2, 0) is 9.63 Å². The summed E-state index contributed by atoms with van der Waals surface area (Å²) in [6, 6.07) is 2.91. The average molecular weight is 352 g/mol. The van der Waals surface area contributed by atoms with Crippen molar-refractivity contribution >= 4 is 11.7 Å². The summed E-state index contributed by atoms with van der Waals surface area (Å²) < 4.78 is 55.3. The Morgan fingerprint density at radius 1 is 1.29 bits per heavy atom. The van der Waals surface area contributed by atoms with Gasteiger partial charge in [0.1, 0.15) is 6.10 Å². The van der Waals surface area contributed by atoms with Gasteiger partial charge in [-0.2, -0.15) is 13.2 Å². The largest absolute Gasteiger partial charge is 0.492 e. The van der Waals surface area contributed by atoms with Crippen LogP contribution < -0.4 is 4.74 Å². The summed E-state index contributed by atoms with van der Waals surface area (Å²) in [6.07, 6.45) is -5.19. The quantitative estimate of drug-likeness (QED) is 0.471. The number of hydrogen-bond donors (Lipinski definition) is 0. The normalized spacial score (nSPS) is 16.7. The molecule has 1 aromatic carbocycles. The smallest absolute Gasteiger partial charge is 0.487 e. The van der Waals surface area contributed by atoms with Gasteiger partial charge in [-0.25, -0.2) is 9.18 Å². The highest BCUT2D eigenvalue weighted by atomic mass is 19.4. The van der Waals surface area contributed by atoms with Crippen molar-refractivity contribution in [3.63, 3.8) is 0 Å². The Morgan fingerprint density at radius 2 is 1.92 bits per heavy atom. The predicted octanol–water partition coefficient (Wildman–Crippen LogP) is 2.60. The molecule has 1 aromatic rings. The van der Waals surface area contributed by atoms with Crippen LogP contribution in [0.2, 0.25) is 0 Å². The van der Waals surface area contributed by atoms with Crippen LogP contribution in [-0.4, -0.2) is 41.3 Å². The molecule has 0 saturated carbocycles. The van der Waals surface area contributed by atoms with E-state index in [1.807, 2.05) is 0 Å². The fourth-order valence-electron chi connectivity index (χ4n) is 2.09. The Hall–Kier alpha value is -2.43. The van der Waals surface area contributed by atoms with E-state index in [2.05, 4.69) is 4.84 Å². The van der Waals surface area contributed by atoms with Gasteiger partial charge in [0.2, 0.25) is 0 Å². The van der Waals surface area contributed by atoms with Crippen LogP contribution in [0.15, 0.2) is 18.2 Å². The number of piperidine rings is 1. The van der Waals surface area contributed by atoms with Gasteiger partial charge in [0.05, 0.1) is 11.0 Å². The van der Waals surface area contributed by atoms with E-state index in [1.165, 1.54) is 0 Å². The van der Waals surface area contributed by atoms with Crippen LogP contribution in [0.25, 0.3) is 0 Å². The topological polar surface area (TPSA) is 81.9 Å². The summed E-state index contributed by atoms with van der Waals surface area (Å²) in [4.78, 5) is 24.7. The first kappa shape index (κ1) is 17.9. The summed E-state index contributed by atoms with van der Waals surface area (Å²) >= 11 is 0. The molecule has 0 aliphatic carbocycles. The highest BCUT2D eigenvalue weighted by Crippen LogP contribution is 2.26. The van der Waals surface area contributed by atoms with Crippen molar-refractivity contribution in [3.8, 4) is 5.75 Å². The number of halogens is 4. The summed E-state index contributed by atoms with van der Waals surface area (Å²) in [5.41, 5.74) is -0.422. The maximum Gasteiger partial charge on any atom is 0.492 e. The molecule has 0 radical (unpaired) electrons. The van der Waals surface area contributed by atoms with Crippen LogP contribution in [0.4, 0.5) is 23.2 Å². The molecule has 0 spiro atoms. The molecule has 24 heavy (non-hydrogen) atoms. The molecule has 7 nitrogen and oxygen atoms in total. The second-order valence-corrected chi connectivity index (χ2v) is 4.99. The summed E-state index contributed by atoms with van der Waals surface area (Å²) in [7, 11) is 0. The van der Waals surface area contributed by atoms with Crippen molar-refractivity contribution in [2.24, 2.45) is 0 Å². The zero-order valence-electron chi connectivity index (χ0n) is 12.1. The van der Waals surface area contributed by atoms with E-state index in [0.29, 0.717) is 0 Å². The number of rotatable bonds is 4. The Kier molecular flexibility index (Phi) is 5.22. The van der Waals surface area contributed by atoms with E-state index >= 15 is 0 Å². The van der Waals surface area contributed by atoms with Gasteiger partial charge in [0.15, 0.2) is 11.6 Å². The summed E-state index contributed by atoms with van der Waals surface area (Å²) in [5.74, 6) is -3.40. The van der Waals surface area contributed by atoms with Gasteiger partial charge in [0.25, 0.3) is 5.69 Å². The van der Waals surface area contributed by atoms with Crippen LogP contribution in [0.1, 0.15) is 12.8 Å². The van der Waals surface area contributed by atoms with Crippen LogP contribution in [0.5, 0.6) is 5.75 Å². The molecule has 1 aliphatic rings. The van der Waals surface area contributed by atoms with E-state index in [0.717, 1.165) is 23.3 Å². The monoisotopic (exact) mass is 352 g/mol. The number of nitrogens with zero attached hydrogens (tertiary/aromatic N) is 2. The molecule has 132 valence electrons. The second kappa shape index (κ2) is 6.99. The van der Waals surface area contributed by atoms with Crippen molar-refractivity contribution in [2.75, 3.05) is 13.1 Å². The highest BCUT2D eigenvalue weighted by molar-refractivity contribution is 5.75. The summed E-state index contributed by atoms with van der Waals surface area (Å²) in [6.45, 7) is -0.0256. The molecular weight excluding hydrogens is 340 g/mol. The maximum atomic E-state index is 13.7. The number of nitro benzene ring substituents is 1. The minimum Gasteiger partial charge on any atom is -0.487 e. The molecule has 0 atom stereocenters. The van der Waals surface area contributed by atoms with Gasteiger partial charge in [-0.05, 0) is 6.07 Å². The van der Waals surface area contributed by atoms with Crippen molar-refractivity contribution in [1.82, 2.24) is 5.06 Å². The fourth-order valence-corrected chi connectivity index (χ4v) is 2.09. The molecule has 0 bridgehead atoms. The van der Waals surface area contributed by atoms with Gasteiger partial charge >= 0.3 is 12.1 Å². The number of non-ortho nitro benzene ring substituents is 1. The SMILES string of the molecule is O=C(ON1CCC(Oc2ccc([N+](=O)[O-])cc2F)CC1)C(F)(F)F. The highest BCUT2D eigenvalue weighted by Gasteiger charge is 2.43. The molecule has 1 fully saturated rings. The van der Waals surface area contributed by atoms with E-state index in [4.69, 9.17) is 4.74 Å². The molecule has 0 amide bonds. The van der Waals surface area contributed by atoms with E-state index in [9.17, 15) is 32.5 Å². The van der Waals surface area contributed by atoms with Gasteiger partial charge in [-0.15, -0.1) is 5.06 Å². The number of hydroxylamine groups is 2.